The first kappa shape index (κ1) is 29.7. The quantitative estimate of drug-likeness (QED) is 0.168. The van der Waals surface area contributed by atoms with E-state index in [1.165, 1.54) is 13.1 Å². The highest BCUT2D eigenvalue weighted by Gasteiger charge is 2.52. The van der Waals surface area contributed by atoms with Crippen molar-refractivity contribution in [2.45, 2.75) is 43.2 Å². The van der Waals surface area contributed by atoms with Gasteiger partial charge in [0.05, 0.1) is 13.2 Å². The van der Waals surface area contributed by atoms with Gasteiger partial charge in [-0.2, -0.15) is 0 Å². The number of aromatic amines is 1. The fourth-order valence-corrected chi connectivity index (χ4v) is 6.36. The lowest BCUT2D eigenvalue weighted by Gasteiger charge is -2.39. The maximum Gasteiger partial charge on any atom is 0.400 e. The second kappa shape index (κ2) is 11.4. The molecule has 0 spiro atoms. The molecular weight excluding hydrogens is 559 g/mol. The summed E-state index contributed by atoms with van der Waals surface area (Å²) < 4.78 is 30.7. The fraction of sp³-hybridized carbons (Fsp3) is 0.267. The summed E-state index contributed by atoms with van der Waals surface area (Å²) in [6.45, 7) is 1.53. The largest absolute Gasteiger partial charge is 0.497 e. The van der Waals surface area contributed by atoms with E-state index in [2.05, 4.69) is 4.98 Å². The van der Waals surface area contributed by atoms with Gasteiger partial charge in [-0.3, -0.25) is 24.6 Å². The highest BCUT2D eigenvalue weighted by atomic mass is 31.2. The summed E-state index contributed by atoms with van der Waals surface area (Å²) in [5.41, 5.74) is 12.9. The number of nitrogens with two attached hydrogens (primary N) is 2. The van der Waals surface area contributed by atoms with Crippen LogP contribution < -0.4 is 27.2 Å². The monoisotopic (exact) mass is 592 g/mol. The molecule has 42 heavy (non-hydrogen) atoms. The van der Waals surface area contributed by atoms with Crippen molar-refractivity contribution in [3.05, 3.63) is 134 Å². The molecule has 1 aliphatic heterocycles. The number of nitrogens with one attached hydrogen (secondary N) is 1. The van der Waals surface area contributed by atoms with Gasteiger partial charge in [-0.1, -0.05) is 72.8 Å². The van der Waals surface area contributed by atoms with Gasteiger partial charge < -0.3 is 14.4 Å². The van der Waals surface area contributed by atoms with Gasteiger partial charge in [-0.15, -0.1) is 0 Å². The Balaban J connectivity index is 1.70. The minimum Gasteiger partial charge on any atom is -0.497 e. The second-order valence-electron chi connectivity index (χ2n) is 10.4. The van der Waals surface area contributed by atoms with Crippen LogP contribution in [0, 0.1) is 6.92 Å². The molecule has 5 rings (SSSR count). The van der Waals surface area contributed by atoms with E-state index in [1.54, 1.807) is 7.11 Å². The van der Waals surface area contributed by atoms with Crippen molar-refractivity contribution in [1.29, 1.82) is 0 Å². The first-order chi connectivity index (χ1) is 19.9. The van der Waals surface area contributed by atoms with E-state index < -0.39 is 42.5 Å². The smallest absolute Gasteiger partial charge is 0.400 e. The summed E-state index contributed by atoms with van der Waals surface area (Å²) in [4.78, 5) is 37.2. The molecule has 3 aromatic carbocycles. The Bertz CT molecular complexity index is 1660. The zero-order chi connectivity index (χ0) is 30.1. The van der Waals surface area contributed by atoms with E-state index in [-0.39, 0.29) is 18.4 Å². The number of hydrogen-bond donors (Lipinski definition) is 4. The Hall–Kier alpha value is -3.83. The van der Waals surface area contributed by atoms with Crippen molar-refractivity contribution >= 4 is 7.75 Å². The van der Waals surface area contributed by atoms with Crippen LogP contribution in [0.25, 0.3) is 0 Å². The number of aromatic nitrogens is 2. The molecule has 4 aromatic rings. The van der Waals surface area contributed by atoms with E-state index in [1.807, 2.05) is 84.9 Å². The molecule has 0 amide bonds. The molecule has 0 radical (unpaired) electrons. The second-order valence-corrected chi connectivity index (χ2v) is 11.8. The highest BCUT2D eigenvalue weighted by Crippen LogP contribution is 2.49. The number of methoxy groups -OCH3 is 1. The number of aryl methyl sites for hydroxylation is 1. The summed E-state index contributed by atoms with van der Waals surface area (Å²) in [6.07, 6.45) is -0.769. The molecular formula is C30H33N4O7P. The number of ether oxygens (including phenoxy) is 2. The molecule has 1 saturated heterocycles. The van der Waals surface area contributed by atoms with E-state index in [9.17, 15) is 19.0 Å². The molecule has 0 bridgehead atoms. The lowest BCUT2D eigenvalue weighted by molar-refractivity contribution is -0.107. The number of benzene rings is 3. The molecule has 0 aliphatic carbocycles. The zero-order valence-corrected chi connectivity index (χ0v) is 24.1. The average molecular weight is 593 g/mol. The van der Waals surface area contributed by atoms with Crippen LogP contribution in [0.3, 0.4) is 0 Å². The number of H-pyrrole nitrogens is 1. The van der Waals surface area contributed by atoms with E-state index in [0.29, 0.717) is 5.75 Å². The lowest BCUT2D eigenvalue weighted by Crippen LogP contribution is -2.51. The van der Waals surface area contributed by atoms with Gasteiger partial charge in [0, 0.05) is 23.6 Å². The van der Waals surface area contributed by atoms with Crippen LogP contribution in [0.5, 0.6) is 5.75 Å². The minimum absolute atomic E-state index is 0.175. The van der Waals surface area contributed by atoms with Crippen LogP contribution in [-0.2, 0) is 25.1 Å². The van der Waals surface area contributed by atoms with Gasteiger partial charge in [-0.25, -0.2) is 14.9 Å². The van der Waals surface area contributed by atoms with Crippen molar-refractivity contribution in [2.75, 3.05) is 7.11 Å². The molecule has 6 N–H and O–H groups in total. The molecule has 1 aromatic heterocycles. The van der Waals surface area contributed by atoms with Gasteiger partial charge >= 0.3 is 13.4 Å². The van der Waals surface area contributed by atoms with Crippen LogP contribution in [-0.4, -0.2) is 33.8 Å². The third kappa shape index (κ3) is 5.76. The Morgan fingerprint density at radius 3 is 2.10 bits per heavy atom. The molecule has 1 unspecified atom stereocenters. The van der Waals surface area contributed by atoms with E-state index in [4.69, 9.17) is 25.2 Å². The minimum atomic E-state index is -4.52. The Morgan fingerprint density at radius 2 is 1.57 bits per heavy atom. The molecule has 11 nitrogen and oxygen atoms in total. The SMILES string of the molecule is COc1ccc(C(C[C@H]2O[C@@](N)(n3cc(C)c(=O)[nH]c3=O)C[C@@H]2OP(N)(=O)O)(c2ccccc2)c2ccccc2)cc1. The number of nitrogens with zero attached hydrogens (tertiary/aromatic N) is 1. The van der Waals surface area contributed by atoms with Crippen molar-refractivity contribution in [2.24, 2.45) is 11.2 Å². The normalized spacial score (nSPS) is 22.0. The summed E-state index contributed by atoms with van der Waals surface area (Å²) in [5, 5.41) is 0. The maximum atomic E-state index is 12.9. The summed E-state index contributed by atoms with van der Waals surface area (Å²) in [5.74, 6) is -1.15. The molecule has 1 fully saturated rings. The van der Waals surface area contributed by atoms with Gasteiger partial charge in [0.2, 0.25) is 5.85 Å². The van der Waals surface area contributed by atoms with Gasteiger partial charge in [-0.05, 0) is 42.2 Å². The molecule has 12 heteroatoms. The molecule has 2 heterocycles. The lowest BCUT2D eigenvalue weighted by atomic mass is 9.66. The molecule has 1 aliphatic rings. The van der Waals surface area contributed by atoms with Crippen LogP contribution >= 0.6 is 7.75 Å². The standard InChI is InChI=1S/C30H33N4O7P/c1-20-19-34(28(36)33-27(20)35)30(31)18-26(41-42(32,37)38)25(40-30)17-29(21-9-5-3-6-10-21,22-11-7-4-8-12-22)23-13-15-24(39-2)16-14-23/h3-16,19,25-26H,17-18,31H2,1-2H3,(H3,32,37,38)(H,33,35,36)/t25-,26+,30+/m1/s1. The third-order valence-electron chi connectivity index (χ3n) is 7.70. The van der Waals surface area contributed by atoms with Crippen LogP contribution in [0.4, 0.5) is 0 Å². The Kier molecular flexibility index (Phi) is 8.08. The zero-order valence-electron chi connectivity index (χ0n) is 23.2. The van der Waals surface area contributed by atoms with Crippen LogP contribution in [0.1, 0.15) is 35.1 Å². The van der Waals surface area contributed by atoms with Crippen molar-refractivity contribution in [1.82, 2.24) is 9.55 Å². The van der Waals surface area contributed by atoms with E-state index >= 15 is 0 Å². The molecule has 220 valence electrons. The molecule has 4 atom stereocenters. The Morgan fingerprint density at radius 1 is 1.02 bits per heavy atom. The maximum absolute atomic E-state index is 12.9. The predicted octanol–water partition coefficient (Wildman–Crippen LogP) is 3.08. The topological polar surface area (TPSA) is 172 Å². The number of hydrogen-bond acceptors (Lipinski definition) is 7. The van der Waals surface area contributed by atoms with E-state index in [0.717, 1.165) is 21.3 Å². The predicted molar refractivity (Wildman–Crippen MR) is 157 cm³/mol. The van der Waals surface area contributed by atoms with Crippen LogP contribution in [0.2, 0.25) is 0 Å². The third-order valence-corrected chi connectivity index (χ3v) is 8.27. The Labute approximate surface area is 242 Å². The fourth-order valence-electron chi connectivity index (χ4n) is 5.76. The highest BCUT2D eigenvalue weighted by molar-refractivity contribution is 7.50. The van der Waals surface area contributed by atoms with Crippen molar-refractivity contribution < 1.29 is 23.5 Å². The first-order valence-electron chi connectivity index (χ1n) is 13.3. The average Bonchev–Trinajstić information content (AvgIpc) is 3.28. The van der Waals surface area contributed by atoms with Gasteiger partial charge in [0.25, 0.3) is 5.56 Å². The summed E-state index contributed by atoms with van der Waals surface area (Å²) >= 11 is 0. The summed E-state index contributed by atoms with van der Waals surface area (Å²) in [7, 11) is -2.93. The molecule has 0 saturated carbocycles. The van der Waals surface area contributed by atoms with Crippen molar-refractivity contribution in [3.8, 4) is 5.75 Å². The first-order valence-corrected chi connectivity index (χ1v) is 14.9. The van der Waals surface area contributed by atoms with Gasteiger partial charge in [0.1, 0.15) is 11.9 Å². The summed E-state index contributed by atoms with van der Waals surface area (Å²) in [6, 6.07) is 27.1. The van der Waals surface area contributed by atoms with Gasteiger partial charge in [0.15, 0.2) is 0 Å². The van der Waals surface area contributed by atoms with Crippen LogP contribution in [0.15, 0.2) is 101 Å². The van der Waals surface area contributed by atoms with Crippen molar-refractivity contribution in [3.63, 3.8) is 0 Å². The number of rotatable bonds is 9.